The van der Waals surface area contributed by atoms with E-state index < -0.39 is 5.82 Å². The molecular formula is C24H20FN3. The van der Waals surface area contributed by atoms with E-state index in [-0.39, 0.29) is 5.69 Å². The first kappa shape index (κ1) is 17.9. The second-order valence-corrected chi connectivity index (χ2v) is 6.54. The predicted octanol–water partition coefficient (Wildman–Crippen LogP) is 5.26. The predicted molar refractivity (Wildman–Crippen MR) is 113 cm³/mol. The Bertz CT molecular complexity index is 1090. The summed E-state index contributed by atoms with van der Waals surface area (Å²) in [6, 6.07) is 26.4. The average Bonchev–Trinajstić information content (AvgIpc) is 2.75. The van der Waals surface area contributed by atoms with E-state index >= 15 is 4.39 Å². The Morgan fingerprint density at radius 1 is 0.679 bits per heavy atom. The SMILES string of the molecule is NCc1ccc(-c2nc(-c3ccccc3)c(F)c(-c3ccccc3)c2N)cc1. The molecule has 4 aromatic rings. The van der Waals surface area contributed by atoms with E-state index in [2.05, 4.69) is 4.98 Å². The summed E-state index contributed by atoms with van der Waals surface area (Å²) in [7, 11) is 0. The van der Waals surface area contributed by atoms with Crippen molar-refractivity contribution in [3.8, 4) is 33.6 Å². The van der Waals surface area contributed by atoms with Crippen LogP contribution in [-0.4, -0.2) is 4.98 Å². The van der Waals surface area contributed by atoms with Gasteiger partial charge >= 0.3 is 0 Å². The molecule has 0 amide bonds. The first-order valence-corrected chi connectivity index (χ1v) is 9.08. The monoisotopic (exact) mass is 369 g/mol. The summed E-state index contributed by atoms with van der Waals surface area (Å²) in [5.41, 5.74) is 16.9. The van der Waals surface area contributed by atoms with Gasteiger partial charge < -0.3 is 11.5 Å². The third-order valence-electron chi connectivity index (χ3n) is 4.75. The van der Waals surface area contributed by atoms with Gasteiger partial charge in [-0.1, -0.05) is 84.9 Å². The number of anilines is 1. The highest BCUT2D eigenvalue weighted by molar-refractivity contribution is 5.90. The van der Waals surface area contributed by atoms with Crippen molar-refractivity contribution in [3.63, 3.8) is 0 Å². The molecule has 4 heteroatoms. The molecule has 1 heterocycles. The van der Waals surface area contributed by atoms with E-state index in [0.29, 0.717) is 29.1 Å². The third kappa shape index (κ3) is 3.26. The van der Waals surface area contributed by atoms with Gasteiger partial charge in [0.15, 0.2) is 5.82 Å². The van der Waals surface area contributed by atoms with Gasteiger partial charge in [-0.2, -0.15) is 0 Å². The number of nitrogens with zero attached hydrogens (tertiary/aromatic N) is 1. The molecule has 0 radical (unpaired) electrons. The Labute approximate surface area is 163 Å². The van der Waals surface area contributed by atoms with Crippen LogP contribution in [0.2, 0.25) is 0 Å². The first-order chi connectivity index (χ1) is 13.7. The molecule has 28 heavy (non-hydrogen) atoms. The van der Waals surface area contributed by atoms with Crippen LogP contribution in [0.5, 0.6) is 0 Å². The number of hydrogen-bond donors (Lipinski definition) is 2. The number of benzene rings is 3. The lowest BCUT2D eigenvalue weighted by Gasteiger charge is -2.16. The minimum atomic E-state index is -0.419. The van der Waals surface area contributed by atoms with Gasteiger partial charge in [-0.25, -0.2) is 9.37 Å². The maximum Gasteiger partial charge on any atom is 0.159 e. The van der Waals surface area contributed by atoms with Crippen LogP contribution in [-0.2, 0) is 6.54 Å². The molecule has 3 aromatic carbocycles. The molecule has 0 saturated heterocycles. The number of nitrogen functional groups attached to an aromatic ring is 1. The third-order valence-corrected chi connectivity index (χ3v) is 4.75. The Morgan fingerprint density at radius 3 is 1.79 bits per heavy atom. The molecule has 0 bridgehead atoms. The number of halogens is 1. The van der Waals surface area contributed by atoms with Gasteiger partial charge in [-0.3, -0.25) is 0 Å². The van der Waals surface area contributed by atoms with Crippen molar-refractivity contribution in [2.24, 2.45) is 5.73 Å². The summed E-state index contributed by atoms with van der Waals surface area (Å²) in [6.07, 6.45) is 0. The Kier molecular flexibility index (Phi) is 4.87. The molecule has 0 aliphatic carbocycles. The topological polar surface area (TPSA) is 64.9 Å². The maximum atomic E-state index is 15.6. The zero-order chi connectivity index (χ0) is 19.5. The van der Waals surface area contributed by atoms with Crippen molar-refractivity contribution < 1.29 is 4.39 Å². The molecular weight excluding hydrogens is 349 g/mol. The summed E-state index contributed by atoms with van der Waals surface area (Å²) < 4.78 is 15.6. The van der Waals surface area contributed by atoms with Crippen LogP contribution < -0.4 is 11.5 Å². The minimum absolute atomic E-state index is 0.284. The Hall–Kier alpha value is -3.50. The molecule has 1 aromatic heterocycles. The van der Waals surface area contributed by atoms with Crippen molar-refractivity contribution >= 4 is 5.69 Å². The van der Waals surface area contributed by atoms with Gasteiger partial charge in [0.1, 0.15) is 5.69 Å². The second kappa shape index (κ2) is 7.62. The zero-order valence-electron chi connectivity index (χ0n) is 15.3. The highest BCUT2D eigenvalue weighted by Gasteiger charge is 2.21. The fourth-order valence-electron chi connectivity index (χ4n) is 3.27. The number of hydrogen-bond acceptors (Lipinski definition) is 3. The molecule has 0 aliphatic rings. The fraction of sp³-hybridized carbons (Fsp3) is 0.0417. The van der Waals surface area contributed by atoms with E-state index in [1.54, 1.807) is 0 Å². The molecule has 0 spiro atoms. The van der Waals surface area contributed by atoms with Gasteiger partial charge in [0.25, 0.3) is 0 Å². The van der Waals surface area contributed by atoms with E-state index in [4.69, 9.17) is 11.5 Å². The quantitative estimate of drug-likeness (QED) is 0.515. The van der Waals surface area contributed by atoms with Crippen molar-refractivity contribution in [1.29, 1.82) is 0 Å². The Morgan fingerprint density at radius 2 is 1.21 bits per heavy atom. The normalized spacial score (nSPS) is 10.8. The second-order valence-electron chi connectivity index (χ2n) is 6.54. The summed E-state index contributed by atoms with van der Waals surface area (Å²) in [4.78, 5) is 4.62. The first-order valence-electron chi connectivity index (χ1n) is 9.08. The number of aromatic nitrogens is 1. The highest BCUT2D eigenvalue weighted by Crippen LogP contribution is 2.39. The van der Waals surface area contributed by atoms with Gasteiger partial charge in [0, 0.05) is 23.2 Å². The lowest BCUT2D eigenvalue weighted by molar-refractivity contribution is 0.630. The standard InChI is InChI=1S/C24H20FN3/c25-21-20(17-7-3-1-4-8-17)22(27)24(19-13-11-16(15-26)12-14-19)28-23(21)18-9-5-2-6-10-18/h1-14H,15,26-27H2. The van der Waals surface area contributed by atoms with Crippen molar-refractivity contribution in [2.75, 3.05) is 5.73 Å². The van der Waals surface area contributed by atoms with Crippen LogP contribution in [0.25, 0.3) is 33.6 Å². The molecule has 0 saturated carbocycles. The average molecular weight is 369 g/mol. The lowest BCUT2D eigenvalue weighted by Crippen LogP contribution is -2.04. The van der Waals surface area contributed by atoms with Crippen LogP contribution in [0.3, 0.4) is 0 Å². The molecule has 3 nitrogen and oxygen atoms in total. The smallest absolute Gasteiger partial charge is 0.159 e. The van der Waals surface area contributed by atoms with Crippen molar-refractivity contribution in [2.45, 2.75) is 6.54 Å². The van der Waals surface area contributed by atoms with Gasteiger partial charge in [-0.05, 0) is 11.1 Å². The summed E-state index contributed by atoms with van der Waals surface area (Å²) in [5.74, 6) is -0.419. The molecule has 4 rings (SSSR count). The van der Waals surface area contributed by atoms with Crippen LogP contribution >= 0.6 is 0 Å². The Balaban J connectivity index is 2.00. The van der Waals surface area contributed by atoms with E-state index in [1.165, 1.54) is 0 Å². The van der Waals surface area contributed by atoms with Crippen molar-refractivity contribution in [1.82, 2.24) is 4.98 Å². The minimum Gasteiger partial charge on any atom is -0.396 e. The van der Waals surface area contributed by atoms with E-state index in [1.807, 2.05) is 84.9 Å². The van der Waals surface area contributed by atoms with Gasteiger partial charge in [0.2, 0.25) is 0 Å². The van der Waals surface area contributed by atoms with Gasteiger partial charge in [0.05, 0.1) is 11.4 Å². The van der Waals surface area contributed by atoms with Crippen molar-refractivity contribution in [3.05, 3.63) is 96.3 Å². The lowest BCUT2D eigenvalue weighted by atomic mass is 9.96. The van der Waals surface area contributed by atoms with Crippen LogP contribution in [0, 0.1) is 5.82 Å². The number of nitrogens with two attached hydrogens (primary N) is 2. The zero-order valence-corrected chi connectivity index (χ0v) is 15.3. The molecule has 0 fully saturated rings. The van der Waals surface area contributed by atoms with Gasteiger partial charge in [-0.15, -0.1) is 0 Å². The van der Waals surface area contributed by atoms with E-state index in [0.717, 1.165) is 16.7 Å². The van der Waals surface area contributed by atoms with Crippen LogP contribution in [0.4, 0.5) is 10.1 Å². The molecule has 138 valence electrons. The number of pyridine rings is 1. The molecule has 0 atom stereocenters. The summed E-state index contributed by atoms with van der Waals surface area (Å²) >= 11 is 0. The summed E-state index contributed by atoms with van der Waals surface area (Å²) in [6.45, 7) is 0.455. The maximum absolute atomic E-state index is 15.6. The largest absolute Gasteiger partial charge is 0.396 e. The molecule has 0 aliphatic heterocycles. The highest BCUT2D eigenvalue weighted by atomic mass is 19.1. The molecule has 0 unspecified atom stereocenters. The van der Waals surface area contributed by atoms with Crippen LogP contribution in [0.1, 0.15) is 5.56 Å². The van der Waals surface area contributed by atoms with Crippen LogP contribution in [0.15, 0.2) is 84.9 Å². The fourth-order valence-corrected chi connectivity index (χ4v) is 3.27. The van der Waals surface area contributed by atoms with E-state index in [9.17, 15) is 0 Å². The summed E-state index contributed by atoms with van der Waals surface area (Å²) in [5, 5.41) is 0. The number of rotatable bonds is 4. The molecule has 4 N–H and O–H groups in total.